The minimum atomic E-state index is -0.192. The molecule has 1 aromatic rings. The maximum Gasteiger partial charge on any atom is 0.241 e. The van der Waals surface area contributed by atoms with E-state index in [0.29, 0.717) is 6.04 Å². The number of amides is 2. The van der Waals surface area contributed by atoms with Crippen molar-refractivity contribution in [2.75, 3.05) is 10.6 Å². The molecule has 0 radical (unpaired) electrons. The van der Waals surface area contributed by atoms with Gasteiger partial charge in [-0.15, -0.1) is 0 Å². The van der Waals surface area contributed by atoms with Crippen molar-refractivity contribution in [2.45, 2.75) is 38.8 Å². The largest absolute Gasteiger partial charge is 0.326 e. The highest BCUT2D eigenvalue weighted by molar-refractivity contribution is 5.95. The van der Waals surface area contributed by atoms with Gasteiger partial charge in [0, 0.05) is 24.3 Å². The minimum absolute atomic E-state index is 0.0424. The van der Waals surface area contributed by atoms with Crippen LogP contribution in [0.15, 0.2) is 24.3 Å². The fraction of sp³-hybridized carbons (Fsp3) is 0.429. The molecule has 0 aromatic heterocycles. The lowest BCUT2D eigenvalue weighted by atomic mass is 10.2. The third kappa shape index (κ3) is 4.37. The van der Waals surface area contributed by atoms with Crippen LogP contribution in [-0.2, 0) is 9.59 Å². The second-order valence-corrected chi connectivity index (χ2v) is 4.91. The van der Waals surface area contributed by atoms with Crippen LogP contribution in [0.4, 0.5) is 11.4 Å². The third-order valence-corrected chi connectivity index (χ3v) is 2.93. The van der Waals surface area contributed by atoms with Crippen LogP contribution in [-0.4, -0.2) is 23.9 Å². The molecule has 1 aliphatic rings. The molecule has 5 heteroatoms. The Labute approximate surface area is 112 Å². The molecule has 2 amide bonds. The van der Waals surface area contributed by atoms with Gasteiger partial charge in [-0.25, -0.2) is 0 Å². The van der Waals surface area contributed by atoms with Gasteiger partial charge in [-0.05, 0) is 44.0 Å². The molecule has 1 aromatic carbocycles. The van der Waals surface area contributed by atoms with E-state index in [0.717, 1.165) is 24.2 Å². The Kier molecular flexibility index (Phi) is 4.16. The fourth-order valence-electron chi connectivity index (χ4n) is 1.77. The molecule has 0 saturated heterocycles. The predicted molar refractivity (Wildman–Crippen MR) is 75.0 cm³/mol. The highest BCUT2D eigenvalue weighted by atomic mass is 16.2. The monoisotopic (exact) mass is 261 g/mol. The zero-order valence-corrected chi connectivity index (χ0v) is 11.2. The highest BCUT2D eigenvalue weighted by Crippen LogP contribution is 2.19. The van der Waals surface area contributed by atoms with Crippen LogP contribution in [0, 0.1) is 0 Å². The number of carbonyl (C=O) groups excluding carboxylic acids is 2. The summed E-state index contributed by atoms with van der Waals surface area (Å²) in [6.07, 6.45) is 2.31. The maximum absolute atomic E-state index is 11.9. The van der Waals surface area contributed by atoms with Crippen LogP contribution in [0.1, 0.15) is 26.7 Å². The summed E-state index contributed by atoms with van der Waals surface area (Å²) in [5.74, 6) is -0.154. The number of hydrogen-bond donors (Lipinski definition) is 3. The molecular weight excluding hydrogens is 242 g/mol. The zero-order chi connectivity index (χ0) is 13.8. The molecule has 0 heterocycles. The number of anilines is 2. The first-order valence-corrected chi connectivity index (χ1v) is 6.49. The number of hydrogen-bond acceptors (Lipinski definition) is 3. The molecular formula is C14H19N3O2. The van der Waals surface area contributed by atoms with Crippen molar-refractivity contribution in [3.05, 3.63) is 24.3 Å². The van der Waals surface area contributed by atoms with Crippen molar-refractivity contribution < 1.29 is 9.59 Å². The topological polar surface area (TPSA) is 70.2 Å². The minimum Gasteiger partial charge on any atom is -0.326 e. The molecule has 5 nitrogen and oxygen atoms in total. The van der Waals surface area contributed by atoms with Crippen molar-refractivity contribution in [3.8, 4) is 0 Å². The summed E-state index contributed by atoms with van der Waals surface area (Å²) in [7, 11) is 0. The van der Waals surface area contributed by atoms with E-state index < -0.39 is 0 Å². The Balaban J connectivity index is 1.87. The SMILES string of the molecule is CC(=O)Nc1ccc(NC(=O)C(C)NC2CC2)cc1. The van der Waals surface area contributed by atoms with E-state index in [9.17, 15) is 9.59 Å². The predicted octanol–water partition coefficient (Wildman–Crippen LogP) is 1.72. The van der Waals surface area contributed by atoms with E-state index in [1.807, 2.05) is 6.92 Å². The molecule has 102 valence electrons. The van der Waals surface area contributed by atoms with Crippen LogP contribution in [0.25, 0.3) is 0 Å². The quantitative estimate of drug-likeness (QED) is 0.756. The molecule has 1 unspecified atom stereocenters. The zero-order valence-electron chi connectivity index (χ0n) is 11.2. The average molecular weight is 261 g/mol. The Bertz CT molecular complexity index is 466. The summed E-state index contributed by atoms with van der Waals surface area (Å²) in [6.45, 7) is 3.32. The molecule has 1 fully saturated rings. The van der Waals surface area contributed by atoms with Crippen LogP contribution >= 0.6 is 0 Å². The average Bonchev–Trinajstić information content (AvgIpc) is 3.14. The molecule has 0 aliphatic heterocycles. The third-order valence-electron chi connectivity index (χ3n) is 2.93. The Morgan fingerprint density at radius 1 is 1.11 bits per heavy atom. The van der Waals surface area contributed by atoms with Gasteiger partial charge in [-0.2, -0.15) is 0 Å². The molecule has 19 heavy (non-hydrogen) atoms. The second kappa shape index (κ2) is 5.84. The number of benzene rings is 1. The summed E-state index contributed by atoms with van der Waals surface area (Å²) < 4.78 is 0. The summed E-state index contributed by atoms with van der Waals surface area (Å²) in [6, 6.07) is 7.37. The van der Waals surface area contributed by atoms with E-state index in [4.69, 9.17) is 0 Å². The van der Waals surface area contributed by atoms with Crippen molar-refractivity contribution >= 4 is 23.2 Å². The van der Waals surface area contributed by atoms with Crippen LogP contribution in [0.2, 0.25) is 0 Å². The first kappa shape index (κ1) is 13.5. The van der Waals surface area contributed by atoms with Crippen molar-refractivity contribution in [1.82, 2.24) is 5.32 Å². The first-order valence-electron chi connectivity index (χ1n) is 6.49. The molecule has 1 aliphatic carbocycles. The maximum atomic E-state index is 11.9. The van der Waals surface area contributed by atoms with E-state index in [1.54, 1.807) is 24.3 Å². The standard InChI is InChI=1S/C14H19N3O2/c1-9(15-11-3-4-11)14(19)17-13-7-5-12(6-8-13)16-10(2)18/h5-9,11,15H,3-4H2,1-2H3,(H,16,18)(H,17,19). The summed E-state index contributed by atoms with van der Waals surface area (Å²) in [5, 5.41) is 8.76. The Hall–Kier alpha value is -1.88. The van der Waals surface area contributed by atoms with Gasteiger partial charge in [-0.1, -0.05) is 0 Å². The lowest BCUT2D eigenvalue weighted by molar-refractivity contribution is -0.118. The van der Waals surface area contributed by atoms with Gasteiger partial charge in [0.25, 0.3) is 0 Å². The van der Waals surface area contributed by atoms with Gasteiger partial charge in [0.05, 0.1) is 6.04 Å². The second-order valence-electron chi connectivity index (χ2n) is 4.91. The summed E-state index contributed by atoms with van der Waals surface area (Å²) in [5.41, 5.74) is 1.44. The van der Waals surface area contributed by atoms with Crippen molar-refractivity contribution in [2.24, 2.45) is 0 Å². The number of rotatable bonds is 5. The molecule has 3 N–H and O–H groups in total. The van der Waals surface area contributed by atoms with Gasteiger partial charge in [-0.3, -0.25) is 9.59 Å². The van der Waals surface area contributed by atoms with E-state index in [2.05, 4.69) is 16.0 Å². The van der Waals surface area contributed by atoms with Gasteiger partial charge in [0.2, 0.25) is 11.8 Å². The Morgan fingerprint density at radius 3 is 2.11 bits per heavy atom. The van der Waals surface area contributed by atoms with Crippen LogP contribution < -0.4 is 16.0 Å². The normalized spacial score (nSPS) is 15.7. The lowest BCUT2D eigenvalue weighted by Crippen LogP contribution is -2.39. The van der Waals surface area contributed by atoms with Crippen LogP contribution in [0.3, 0.4) is 0 Å². The molecule has 1 atom stereocenters. The summed E-state index contributed by atoms with van der Waals surface area (Å²) >= 11 is 0. The van der Waals surface area contributed by atoms with Crippen LogP contribution in [0.5, 0.6) is 0 Å². The van der Waals surface area contributed by atoms with Crippen molar-refractivity contribution in [1.29, 1.82) is 0 Å². The highest BCUT2D eigenvalue weighted by Gasteiger charge is 2.25. The lowest BCUT2D eigenvalue weighted by Gasteiger charge is -2.13. The van der Waals surface area contributed by atoms with E-state index in [1.165, 1.54) is 6.92 Å². The van der Waals surface area contributed by atoms with Crippen molar-refractivity contribution in [3.63, 3.8) is 0 Å². The van der Waals surface area contributed by atoms with E-state index in [-0.39, 0.29) is 17.9 Å². The molecule has 0 bridgehead atoms. The molecule has 0 spiro atoms. The van der Waals surface area contributed by atoms with Gasteiger partial charge in [0.1, 0.15) is 0 Å². The molecule has 1 saturated carbocycles. The fourth-order valence-corrected chi connectivity index (χ4v) is 1.77. The van der Waals surface area contributed by atoms with Gasteiger partial charge in [0.15, 0.2) is 0 Å². The van der Waals surface area contributed by atoms with Gasteiger partial charge < -0.3 is 16.0 Å². The Morgan fingerprint density at radius 2 is 1.63 bits per heavy atom. The number of carbonyl (C=O) groups is 2. The van der Waals surface area contributed by atoms with E-state index >= 15 is 0 Å². The van der Waals surface area contributed by atoms with Gasteiger partial charge >= 0.3 is 0 Å². The first-order chi connectivity index (χ1) is 9.04. The molecule has 2 rings (SSSR count). The number of nitrogens with one attached hydrogen (secondary N) is 3. The smallest absolute Gasteiger partial charge is 0.241 e. The summed E-state index contributed by atoms with van der Waals surface area (Å²) in [4.78, 5) is 22.8.